The molecule has 27 heavy (non-hydrogen) atoms. The van der Waals surface area contributed by atoms with Crippen molar-refractivity contribution in [2.75, 3.05) is 31.1 Å². The lowest BCUT2D eigenvalue weighted by Crippen LogP contribution is -2.53. The molecular formula is C18H21N5O4. The zero-order valence-corrected chi connectivity index (χ0v) is 14.9. The van der Waals surface area contributed by atoms with Gasteiger partial charge in [-0.1, -0.05) is 0 Å². The van der Waals surface area contributed by atoms with Crippen LogP contribution in [0.3, 0.4) is 0 Å². The van der Waals surface area contributed by atoms with Gasteiger partial charge in [0.2, 0.25) is 0 Å². The number of carbonyl (C=O) groups excluding carboxylic acids is 1. The van der Waals surface area contributed by atoms with Gasteiger partial charge in [-0.3, -0.25) is 14.8 Å². The average Bonchev–Trinajstić information content (AvgIpc) is 2.70. The fourth-order valence-electron chi connectivity index (χ4n) is 3.08. The molecule has 3 rings (SSSR count). The number of hydrogen-bond donors (Lipinski definition) is 3. The zero-order valence-electron chi connectivity index (χ0n) is 14.9. The maximum Gasteiger partial charge on any atom is 0.251 e. The van der Waals surface area contributed by atoms with Gasteiger partial charge in [0.1, 0.15) is 17.1 Å². The maximum atomic E-state index is 12.4. The van der Waals surface area contributed by atoms with E-state index in [-0.39, 0.29) is 18.6 Å². The Balaban J connectivity index is 1.84. The summed E-state index contributed by atoms with van der Waals surface area (Å²) in [5.41, 5.74) is 2.33. The van der Waals surface area contributed by atoms with Gasteiger partial charge in [0, 0.05) is 25.5 Å². The normalized spacial score (nSPS) is 20.9. The summed E-state index contributed by atoms with van der Waals surface area (Å²) in [4.78, 5) is 23.0. The topological polar surface area (TPSA) is 132 Å². The van der Waals surface area contributed by atoms with Crippen LogP contribution in [0.4, 0.5) is 5.69 Å². The molecule has 1 aliphatic rings. The highest BCUT2D eigenvalue weighted by Gasteiger charge is 2.31. The number of fused-ring (bicyclic) bond motifs is 1. The molecule has 1 aromatic carbocycles. The van der Waals surface area contributed by atoms with Crippen molar-refractivity contribution >= 4 is 22.6 Å². The Labute approximate surface area is 156 Å². The highest BCUT2D eigenvalue weighted by molar-refractivity contribution is 5.92. The van der Waals surface area contributed by atoms with Gasteiger partial charge in [0.15, 0.2) is 6.10 Å². The number of benzene rings is 1. The number of morpholine rings is 1. The number of carbonyl (C=O) groups is 1. The van der Waals surface area contributed by atoms with Crippen molar-refractivity contribution in [1.82, 2.24) is 15.3 Å². The third kappa shape index (κ3) is 4.14. The quantitative estimate of drug-likeness (QED) is 0.645. The van der Waals surface area contributed by atoms with Gasteiger partial charge in [0.25, 0.3) is 5.91 Å². The molecule has 3 atom stereocenters. The van der Waals surface area contributed by atoms with E-state index in [9.17, 15) is 15.2 Å². The second kappa shape index (κ2) is 8.26. The van der Waals surface area contributed by atoms with E-state index in [1.54, 1.807) is 18.3 Å². The predicted octanol–water partition coefficient (Wildman–Crippen LogP) is -0.435. The molecule has 0 aliphatic carbocycles. The molecule has 0 unspecified atom stereocenters. The zero-order chi connectivity index (χ0) is 19.4. The van der Waals surface area contributed by atoms with Crippen LogP contribution >= 0.6 is 0 Å². The molecule has 0 saturated carbocycles. The smallest absolute Gasteiger partial charge is 0.251 e. The Morgan fingerprint density at radius 1 is 1.41 bits per heavy atom. The fraction of sp³-hybridized carbons (Fsp3) is 0.444. The van der Waals surface area contributed by atoms with Gasteiger partial charge in [-0.15, -0.1) is 0 Å². The highest BCUT2D eigenvalue weighted by atomic mass is 16.5. The van der Waals surface area contributed by atoms with Gasteiger partial charge in [0.05, 0.1) is 36.6 Å². The molecule has 3 N–H and O–H groups in total. The van der Waals surface area contributed by atoms with Crippen molar-refractivity contribution < 1.29 is 19.7 Å². The van der Waals surface area contributed by atoms with E-state index in [0.29, 0.717) is 29.7 Å². The summed E-state index contributed by atoms with van der Waals surface area (Å²) >= 11 is 0. The van der Waals surface area contributed by atoms with Crippen LogP contribution in [0.1, 0.15) is 12.5 Å². The summed E-state index contributed by atoms with van der Waals surface area (Å²) in [7, 11) is 0. The van der Waals surface area contributed by atoms with Crippen LogP contribution in [0.5, 0.6) is 0 Å². The first-order chi connectivity index (χ1) is 13.0. The van der Waals surface area contributed by atoms with E-state index in [1.165, 1.54) is 6.20 Å². The van der Waals surface area contributed by atoms with E-state index < -0.39 is 18.8 Å². The van der Waals surface area contributed by atoms with Gasteiger partial charge >= 0.3 is 0 Å². The number of nitriles is 1. The number of anilines is 1. The predicted molar refractivity (Wildman–Crippen MR) is 96.9 cm³/mol. The molecular weight excluding hydrogens is 350 g/mol. The lowest BCUT2D eigenvalue weighted by molar-refractivity contribution is -0.137. The lowest BCUT2D eigenvalue weighted by atomic mass is 10.1. The molecule has 9 heteroatoms. The van der Waals surface area contributed by atoms with E-state index in [4.69, 9.17) is 9.84 Å². The molecule has 2 heterocycles. The minimum atomic E-state index is -1.01. The van der Waals surface area contributed by atoms with Gasteiger partial charge in [-0.05, 0) is 19.1 Å². The maximum absolute atomic E-state index is 12.4. The Kier molecular flexibility index (Phi) is 5.81. The number of rotatable bonds is 5. The first kappa shape index (κ1) is 19.0. The average molecular weight is 371 g/mol. The van der Waals surface area contributed by atoms with Crippen molar-refractivity contribution in [2.45, 2.75) is 25.2 Å². The molecule has 0 radical (unpaired) electrons. The number of hydrogen-bond acceptors (Lipinski definition) is 8. The molecule has 9 nitrogen and oxygen atoms in total. The van der Waals surface area contributed by atoms with Crippen LogP contribution in [-0.4, -0.2) is 70.6 Å². The highest BCUT2D eigenvalue weighted by Crippen LogP contribution is 2.28. The van der Waals surface area contributed by atoms with Crippen LogP contribution in [0.15, 0.2) is 24.5 Å². The number of nitrogens with one attached hydrogen (secondary N) is 1. The molecule has 2 aromatic rings. The summed E-state index contributed by atoms with van der Waals surface area (Å²) < 4.78 is 5.74. The number of amides is 1. The number of ether oxygens (including phenoxy) is 1. The van der Waals surface area contributed by atoms with Crippen LogP contribution in [0.2, 0.25) is 0 Å². The van der Waals surface area contributed by atoms with Gasteiger partial charge in [-0.25, -0.2) is 0 Å². The van der Waals surface area contributed by atoms with Crippen LogP contribution in [0, 0.1) is 11.3 Å². The lowest BCUT2D eigenvalue weighted by Gasteiger charge is -2.37. The van der Waals surface area contributed by atoms with Crippen molar-refractivity contribution in [2.24, 2.45) is 0 Å². The second-order valence-electron chi connectivity index (χ2n) is 6.42. The van der Waals surface area contributed by atoms with Crippen molar-refractivity contribution in [3.05, 3.63) is 30.1 Å². The SMILES string of the molecule is C[C@@H]1CN(c2ccc(C#N)c3nccnc23)C[C@H](C(=O)NC[C@@H](O)CO)O1. The fourth-order valence-corrected chi connectivity index (χ4v) is 3.08. The first-order valence-electron chi connectivity index (χ1n) is 8.64. The second-order valence-corrected chi connectivity index (χ2v) is 6.42. The Morgan fingerprint density at radius 2 is 2.15 bits per heavy atom. The molecule has 0 spiro atoms. The molecule has 0 bridgehead atoms. The summed E-state index contributed by atoms with van der Waals surface area (Å²) in [6, 6.07) is 5.61. The van der Waals surface area contributed by atoms with Gasteiger partial charge < -0.3 is 25.2 Å². The van der Waals surface area contributed by atoms with Crippen LogP contribution in [0.25, 0.3) is 11.0 Å². The Morgan fingerprint density at radius 3 is 2.85 bits per heavy atom. The van der Waals surface area contributed by atoms with Crippen LogP contribution in [-0.2, 0) is 9.53 Å². The largest absolute Gasteiger partial charge is 0.394 e. The minimum Gasteiger partial charge on any atom is -0.394 e. The van der Waals surface area contributed by atoms with E-state index in [0.717, 1.165) is 5.69 Å². The minimum absolute atomic E-state index is 0.0468. The van der Waals surface area contributed by atoms with Crippen LogP contribution < -0.4 is 10.2 Å². The molecule has 1 aliphatic heterocycles. The number of aliphatic hydroxyl groups is 2. The molecule has 1 saturated heterocycles. The van der Waals surface area contributed by atoms with E-state index in [2.05, 4.69) is 21.4 Å². The standard InChI is InChI=1S/C18H21N5O4/c1-11-8-23(9-15(27-11)18(26)22-7-13(25)10-24)14-3-2-12(6-19)16-17(14)21-5-4-20-16/h2-5,11,13,15,24-25H,7-10H2,1H3,(H,22,26)/t11-,13-,15-/m1/s1. The summed E-state index contributed by atoms with van der Waals surface area (Å²) in [6.07, 6.45) is 1.15. The molecule has 1 aromatic heterocycles. The summed E-state index contributed by atoms with van der Waals surface area (Å²) in [5, 5.41) is 30.1. The van der Waals surface area contributed by atoms with Crippen molar-refractivity contribution in [3.63, 3.8) is 0 Å². The summed E-state index contributed by atoms with van der Waals surface area (Å²) in [6.45, 7) is 2.25. The molecule has 1 amide bonds. The number of nitrogens with zero attached hydrogens (tertiary/aromatic N) is 4. The van der Waals surface area contributed by atoms with E-state index >= 15 is 0 Å². The molecule has 1 fully saturated rings. The summed E-state index contributed by atoms with van der Waals surface area (Å²) in [5.74, 6) is -0.358. The Bertz CT molecular complexity index is 868. The van der Waals surface area contributed by atoms with Crippen molar-refractivity contribution in [3.8, 4) is 6.07 Å². The first-order valence-corrected chi connectivity index (χ1v) is 8.64. The third-order valence-corrected chi connectivity index (χ3v) is 4.34. The number of aliphatic hydroxyl groups excluding tert-OH is 2. The monoisotopic (exact) mass is 371 g/mol. The third-order valence-electron chi connectivity index (χ3n) is 4.34. The van der Waals surface area contributed by atoms with Crippen molar-refractivity contribution in [1.29, 1.82) is 5.26 Å². The number of aromatic nitrogens is 2. The Hall–Kier alpha value is -2.80. The molecule has 142 valence electrons. The van der Waals surface area contributed by atoms with Gasteiger partial charge in [-0.2, -0.15) is 5.26 Å². The van der Waals surface area contributed by atoms with E-state index in [1.807, 2.05) is 11.8 Å².